The molecule has 0 aliphatic carbocycles. The summed E-state index contributed by atoms with van der Waals surface area (Å²) in [5.74, 6) is 0.741. The molecule has 0 amide bonds. The molecular weight excluding hydrogens is 186 g/mol. The summed E-state index contributed by atoms with van der Waals surface area (Å²) < 4.78 is 5.08. The summed E-state index contributed by atoms with van der Waals surface area (Å²) in [7, 11) is 1.63. The Morgan fingerprint density at radius 1 is 1.54 bits per heavy atom. The second kappa shape index (κ2) is 3.56. The van der Waals surface area contributed by atoms with E-state index in [1.54, 1.807) is 7.11 Å². The third-order valence-corrected chi connectivity index (χ3v) is 2.70. The van der Waals surface area contributed by atoms with Crippen LogP contribution in [-0.2, 0) is 0 Å². The number of ether oxygens (including phenoxy) is 1. The molecule has 0 saturated carbocycles. The number of benzene rings is 1. The highest BCUT2D eigenvalue weighted by Crippen LogP contribution is 2.30. The largest absolute Gasteiger partial charge is 0.495 e. The van der Waals surface area contributed by atoms with Crippen LogP contribution in [0.3, 0.4) is 0 Å². The molecule has 0 spiro atoms. The number of hydrogen-bond acceptors (Lipinski definition) is 2. The summed E-state index contributed by atoms with van der Waals surface area (Å²) in [6.07, 6.45) is 1.20. The summed E-state index contributed by atoms with van der Waals surface area (Å²) in [4.78, 5) is 0. The second-order valence-electron chi connectivity index (χ2n) is 3.19. The lowest BCUT2D eigenvalue weighted by Crippen LogP contribution is -2.34. The molecule has 1 heterocycles. The van der Waals surface area contributed by atoms with Crippen molar-refractivity contribution in [3.8, 4) is 5.75 Å². The minimum Gasteiger partial charge on any atom is -0.495 e. The Bertz CT molecular complexity index is 310. The molecule has 70 valence electrons. The molecule has 0 bridgehead atoms. The number of hydrogen-bond donors (Lipinski definition) is 1. The molecule has 1 N–H and O–H groups in total. The topological polar surface area (TPSA) is 21.3 Å². The van der Waals surface area contributed by atoms with Gasteiger partial charge in [-0.2, -0.15) is 0 Å². The van der Waals surface area contributed by atoms with Gasteiger partial charge in [0.2, 0.25) is 0 Å². The van der Waals surface area contributed by atoms with Crippen molar-refractivity contribution in [3.05, 3.63) is 28.8 Å². The monoisotopic (exact) mass is 197 g/mol. The lowest BCUT2D eigenvalue weighted by Gasteiger charge is -2.28. The van der Waals surface area contributed by atoms with Crippen molar-refractivity contribution in [1.29, 1.82) is 0 Å². The van der Waals surface area contributed by atoms with Crippen LogP contribution in [0.5, 0.6) is 5.75 Å². The Balaban J connectivity index is 2.24. The lowest BCUT2D eigenvalue weighted by atomic mass is 9.98. The minimum absolute atomic E-state index is 0.489. The van der Waals surface area contributed by atoms with Gasteiger partial charge in [-0.05, 0) is 30.7 Å². The smallest absolute Gasteiger partial charge is 0.137 e. The van der Waals surface area contributed by atoms with Crippen LogP contribution in [0, 0.1) is 0 Å². The van der Waals surface area contributed by atoms with Gasteiger partial charge in [0.25, 0.3) is 0 Å². The summed E-state index contributed by atoms with van der Waals surface area (Å²) in [6, 6.07) is 6.43. The van der Waals surface area contributed by atoms with Gasteiger partial charge in [-0.15, -0.1) is 0 Å². The molecule has 1 fully saturated rings. The zero-order valence-corrected chi connectivity index (χ0v) is 8.27. The fourth-order valence-corrected chi connectivity index (χ4v) is 1.74. The quantitative estimate of drug-likeness (QED) is 0.786. The SMILES string of the molecule is COc1ccc(C2CCN2)cc1Cl. The van der Waals surface area contributed by atoms with Crippen molar-refractivity contribution in [2.24, 2.45) is 0 Å². The first-order valence-electron chi connectivity index (χ1n) is 4.38. The van der Waals surface area contributed by atoms with Crippen LogP contribution in [0.1, 0.15) is 18.0 Å². The third-order valence-electron chi connectivity index (χ3n) is 2.40. The van der Waals surface area contributed by atoms with E-state index in [-0.39, 0.29) is 0 Å². The molecule has 1 aliphatic heterocycles. The highest BCUT2D eigenvalue weighted by molar-refractivity contribution is 6.32. The minimum atomic E-state index is 0.489. The molecular formula is C10H12ClNO. The van der Waals surface area contributed by atoms with Gasteiger partial charge in [0, 0.05) is 6.04 Å². The first-order chi connectivity index (χ1) is 6.31. The number of halogens is 1. The van der Waals surface area contributed by atoms with Crippen molar-refractivity contribution < 1.29 is 4.74 Å². The maximum absolute atomic E-state index is 6.00. The first-order valence-corrected chi connectivity index (χ1v) is 4.76. The van der Waals surface area contributed by atoms with Crippen molar-refractivity contribution in [1.82, 2.24) is 5.32 Å². The van der Waals surface area contributed by atoms with Gasteiger partial charge in [-0.25, -0.2) is 0 Å². The molecule has 1 aromatic carbocycles. The Morgan fingerprint density at radius 2 is 2.31 bits per heavy atom. The first kappa shape index (κ1) is 8.85. The number of methoxy groups -OCH3 is 1. The highest BCUT2D eigenvalue weighted by atomic mass is 35.5. The second-order valence-corrected chi connectivity index (χ2v) is 3.60. The maximum Gasteiger partial charge on any atom is 0.137 e. The Kier molecular flexibility index (Phi) is 2.42. The van der Waals surface area contributed by atoms with Crippen LogP contribution in [0.4, 0.5) is 0 Å². The fraction of sp³-hybridized carbons (Fsp3) is 0.400. The fourth-order valence-electron chi connectivity index (χ4n) is 1.47. The van der Waals surface area contributed by atoms with Gasteiger partial charge in [0.1, 0.15) is 5.75 Å². The van der Waals surface area contributed by atoms with E-state index in [0.717, 1.165) is 12.3 Å². The molecule has 2 nitrogen and oxygen atoms in total. The number of nitrogens with one attached hydrogen (secondary N) is 1. The van der Waals surface area contributed by atoms with Gasteiger partial charge in [0.15, 0.2) is 0 Å². The summed E-state index contributed by atoms with van der Waals surface area (Å²) >= 11 is 6.00. The molecule has 1 saturated heterocycles. The molecule has 3 heteroatoms. The van der Waals surface area contributed by atoms with Crippen molar-refractivity contribution in [3.63, 3.8) is 0 Å². The zero-order chi connectivity index (χ0) is 9.26. The van der Waals surface area contributed by atoms with E-state index in [1.807, 2.05) is 12.1 Å². The van der Waals surface area contributed by atoms with Crippen LogP contribution < -0.4 is 10.1 Å². The zero-order valence-electron chi connectivity index (χ0n) is 7.51. The van der Waals surface area contributed by atoms with E-state index < -0.39 is 0 Å². The van der Waals surface area contributed by atoms with Crippen LogP contribution in [0.15, 0.2) is 18.2 Å². The molecule has 2 rings (SSSR count). The molecule has 13 heavy (non-hydrogen) atoms. The van der Waals surface area contributed by atoms with Crippen LogP contribution >= 0.6 is 11.6 Å². The molecule has 1 atom stereocenters. The predicted molar refractivity (Wildman–Crippen MR) is 53.4 cm³/mol. The van der Waals surface area contributed by atoms with Gasteiger partial charge in [-0.3, -0.25) is 0 Å². The van der Waals surface area contributed by atoms with E-state index in [2.05, 4.69) is 11.4 Å². The third kappa shape index (κ3) is 1.64. The number of rotatable bonds is 2. The van der Waals surface area contributed by atoms with Gasteiger partial charge in [0.05, 0.1) is 12.1 Å². The van der Waals surface area contributed by atoms with E-state index in [0.29, 0.717) is 11.1 Å². The maximum atomic E-state index is 6.00. The van der Waals surface area contributed by atoms with Gasteiger partial charge >= 0.3 is 0 Å². The van der Waals surface area contributed by atoms with Gasteiger partial charge < -0.3 is 10.1 Å². The highest BCUT2D eigenvalue weighted by Gasteiger charge is 2.18. The van der Waals surface area contributed by atoms with Crippen molar-refractivity contribution in [2.45, 2.75) is 12.5 Å². The van der Waals surface area contributed by atoms with E-state index in [4.69, 9.17) is 16.3 Å². The molecule has 0 radical (unpaired) electrons. The Morgan fingerprint density at radius 3 is 2.77 bits per heavy atom. The lowest BCUT2D eigenvalue weighted by molar-refractivity contribution is 0.381. The van der Waals surface area contributed by atoms with E-state index in [9.17, 15) is 0 Å². The van der Waals surface area contributed by atoms with E-state index >= 15 is 0 Å². The van der Waals surface area contributed by atoms with Crippen LogP contribution in [0.25, 0.3) is 0 Å². The van der Waals surface area contributed by atoms with Gasteiger partial charge in [-0.1, -0.05) is 17.7 Å². The van der Waals surface area contributed by atoms with Crippen LogP contribution in [-0.4, -0.2) is 13.7 Å². The molecule has 1 unspecified atom stereocenters. The summed E-state index contributed by atoms with van der Waals surface area (Å²) in [6.45, 7) is 1.11. The normalized spacial score (nSPS) is 20.9. The standard InChI is InChI=1S/C10H12ClNO/c1-13-10-3-2-7(6-8(10)11)9-4-5-12-9/h2-3,6,9,12H,4-5H2,1H3. The van der Waals surface area contributed by atoms with Crippen molar-refractivity contribution >= 4 is 11.6 Å². The molecule has 1 aromatic rings. The average molecular weight is 198 g/mol. The predicted octanol–water partition coefficient (Wildman–Crippen LogP) is 2.38. The van der Waals surface area contributed by atoms with Crippen molar-refractivity contribution in [2.75, 3.05) is 13.7 Å². The molecule has 1 aliphatic rings. The van der Waals surface area contributed by atoms with E-state index in [1.165, 1.54) is 12.0 Å². The van der Waals surface area contributed by atoms with Crippen LogP contribution in [0.2, 0.25) is 5.02 Å². The Hall–Kier alpha value is -0.730. The summed E-state index contributed by atoms with van der Waals surface area (Å²) in [5, 5.41) is 4.02. The average Bonchev–Trinajstić information content (AvgIpc) is 2.01. The molecule has 0 aromatic heterocycles. The Labute approximate surface area is 82.9 Å². The summed E-state index contributed by atoms with van der Waals surface area (Å²) in [5.41, 5.74) is 1.25.